The highest BCUT2D eigenvalue weighted by atomic mass is 16.6. The first kappa shape index (κ1) is 19.1. The summed E-state index contributed by atoms with van der Waals surface area (Å²) in [5, 5.41) is 12.2. The number of amides is 2. The average molecular weight is 395 g/mol. The van der Waals surface area contributed by atoms with E-state index in [0.29, 0.717) is 37.4 Å². The Hall–Kier alpha value is -3.26. The van der Waals surface area contributed by atoms with Crippen molar-refractivity contribution < 1.29 is 19.4 Å². The van der Waals surface area contributed by atoms with Crippen molar-refractivity contribution in [2.24, 2.45) is 0 Å². The highest BCUT2D eigenvalue weighted by molar-refractivity contribution is 5.95. The molecule has 29 heavy (non-hydrogen) atoms. The van der Waals surface area contributed by atoms with Gasteiger partial charge in [0.1, 0.15) is 6.54 Å². The Kier molecular flexibility index (Phi) is 5.02. The molecule has 2 atom stereocenters. The summed E-state index contributed by atoms with van der Waals surface area (Å²) >= 11 is 0. The Bertz CT molecular complexity index is 871. The summed E-state index contributed by atoms with van der Waals surface area (Å²) in [6, 6.07) is 17.6. The smallest absolute Gasteiger partial charge is 0.304 e. The summed E-state index contributed by atoms with van der Waals surface area (Å²) in [6.07, 6.45) is 0. The van der Waals surface area contributed by atoms with Gasteiger partial charge in [0.05, 0.1) is 19.6 Å². The number of hydrogen-bond acceptors (Lipinski definition) is 4. The monoisotopic (exact) mass is 395 g/mol. The van der Waals surface area contributed by atoms with E-state index in [1.165, 1.54) is 0 Å². The molecule has 8 heteroatoms. The molecule has 0 radical (unpaired) electrons. The number of nitrogens with zero attached hydrogens (tertiary/aromatic N) is 3. The van der Waals surface area contributed by atoms with Gasteiger partial charge in [-0.3, -0.25) is 24.6 Å². The van der Waals surface area contributed by atoms with E-state index in [2.05, 4.69) is 0 Å². The second kappa shape index (κ2) is 7.63. The average Bonchev–Trinajstić information content (AvgIpc) is 2.90. The molecule has 2 bridgehead atoms. The van der Waals surface area contributed by atoms with Crippen molar-refractivity contribution in [1.82, 2.24) is 9.80 Å². The molecule has 2 aliphatic rings. The summed E-state index contributed by atoms with van der Waals surface area (Å²) in [4.78, 5) is 41.9. The molecule has 0 aromatic heterocycles. The summed E-state index contributed by atoms with van der Waals surface area (Å²) in [5.74, 6) is -0.419. The lowest BCUT2D eigenvalue weighted by Gasteiger charge is -2.38. The predicted octanol–water partition coefficient (Wildman–Crippen LogP) is 0.156. The van der Waals surface area contributed by atoms with Crippen LogP contribution in [0.15, 0.2) is 60.7 Å². The minimum absolute atomic E-state index is 0.00417. The molecule has 150 valence electrons. The number of carbonyl (C=O) groups excluding carboxylic acids is 2. The van der Waals surface area contributed by atoms with Gasteiger partial charge in [0.2, 0.25) is 0 Å². The Morgan fingerprint density at radius 3 is 1.97 bits per heavy atom. The standard InChI is InChI=1S/C21H22N4O4/c26-19(17-7-3-1-4-8-17)23-12-11-22-13-21(14-23,25(28)29)15-24(16-22)20(27)18-9-5-2-6-10-18/h1-10H,11-16H2/p+1. The molecule has 2 fully saturated rings. The van der Waals surface area contributed by atoms with Crippen LogP contribution in [0.4, 0.5) is 0 Å². The van der Waals surface area contributed by atoms with Gasteiger partial charge in [0.25, 0.3) is 11.8 Å². The van der Waals surface area contributed by atoms with E-state index >= 15 is 0 Å². The van der Waals surface area contributed by atoms with Crippen LogP contribution in [0.1, 0.15) is 20.7 Å². The first-order valence-electron chi connectivity index (χ1n) is 9.65. The van der Waals surface area contributed by atoms with Gasteiger partial charge in [-0.05, 0) is 24.3 Å². The molecule has 2 saturated heterocycles. The van der Waals surface area contributed by atoms with Gasteiger partial charge in [0, 0.05) is 16.1 Å². The highest BCUT2D eigenvalue weighted by Crippen LogP contribution is 2.20. The maximum absolute atomic E-state index is 13.0. The summed E-state index contributed by atoms with van der Waals surface area (Å²) in [5.41, 5.74) is -0.342. The van der Waals surface area contributed by atoms with E-state index in [9.17, 15) is 19.7 Å². The topological polar surface area (TPSA) is 88.2 Å². The van der Waals surface area contributed by atoms with Gasteiger partial charge in [0.15, 0.2) is 13.2 Å². The van der Waals surface area contributed by atoms with Crippen molar-refractivity contribution >= 4 is 11.8 Å². The van der Waals surface area contributed by atoms with E-state index in [1.54, 1.807) is 58.3 Å². The van der Waals surface area contributed by atoms with Crippen molar-refractivity contribution in [1.29, 1.82) is 0 Å². The molecule has 2 aromatic rings. The predicted molar refractivity (Wildman–Crippen MR) is 105 cm³/mol. The highest BCUT2D eigenvalue weighted by Gasteiger charge is 2.56. The number of benzene rings is 2. The fourth-order valence-electron chi connectivity index (χ4n) is 4.28. The third-order valence-corrected chi connectivity index (χ3v) is 5.70. The number of rotatable bonds is 3. The lowest BCUT2D eigenvalue weighted by Crippen LogP contribution is -3.17. The van der Waals surface area contributed by atoms with E-state index in [-0.39, 0.29) is 29.8 Å². The van der Waals surface area contributed by atoms with Crippen molar-refractivity contribution in [2.75, 3.05) is 39.4 Å². The zero-order valence-electron chi connectivity index (χ0n) is 16.0. The van der Waals surface area contributed by atoms with Gasteiger partial charge in [-0.25, -0.2) is 0 Å². The van der Waals surface area contributed by atoms with Crippen molar-refractivity contribution in [2.45, 2.75) is 5.54 Å². The third kappa shape index (κ3) is 3.71. The molecule has 2 heterocycles. The molecule has 2 amide bonds. The van der Waals surface area contributed by atoms with Crippen LogP contribution in [-0.4, -0.2) is 71.5 Å². The molecule has 1 N–H and O–H groups in total. The molecular weight excluding hydrogens is 372 g/mol. The van der Waals surface area contributed by atoms with Crippen LogP contribution in [0, 0.1) is 10.1 Å². The number of hydrogen-bond donors (Lipinski definition) is 1. The Morgan fingerprint density at radius 2 is 1.41 bits per heavy atom. The number of nitrogens with one attached hydrogen (secondary N) is 1. The van der Waals surface area contributed by atoms with Gasteiger partial charge in [-0.1, -0.05) is 36.4 Å². The van der Waals surface area contributed by atoms with E-state index in [4.69, 9.17) is 0 Å². The van der Waals surface area contributed by atoms with Crippen LogP contribution < -0.4 is 4.90 Å². The molecule has 2 aromatic carbocycles. The van der Waals surface area contributed by atoms with E-state index in [0.717, 1.165) is 4.90 Å². The first-order chi connectivity index (χ1) is 14.0. The zero-order chi connectivity index (χ0) is 20.4. The largest absolute Gasteiger partial charge is 0.325 e. The molecule has 0 saturated carbocycles. The minimum atomic E-state index is -1.38. The maximum atomic E-state index is 13.0. The van der Waals surface area contributed by atoms with Crippen molar-refractivity contribution in [3.05, 3.63) is 81.9 Å². The van der Waals surface area contributed by atoms with Gasteiger partial charge < -0.3 is 9.80 Å². The van der Waals surface area contributed by atoms with Gasteiger partial charge >= 0.3 is 5.54 Å². The van der Waals surface area contributed by atoms with Crippen LogP contribution in [-0.2, 0) is 0 Å². The number of quaternary nitrogens is 1. The third-order valence-electron chi connectivity index (χ3n) is 5.70. The second-order valence-corrected chi connectivity index (χ2v) is 7.78. The fourth-order valence-corrected chi connectivity index (χ4v) is 4.28. The van der Waals surface area contributed by atoms with E-state index in [1.807, 2.05) is 12.1 Å². The van der Waals surface area contributed by atoms with Crippen LogP contribution >= 0.6 is 0 Å². The van der Waals surface area contributed by atoms with Crippen LogP contribution in [0.3, 0.4) is 0 Å². The Morgan fingerprint density at radius 1 is 0.897 bits per heavy atom. The molecule has 8 nitrogen and oxygen atoms in total. The minimum Gasteiger partial charge on any atom is -0.325 e. The first-order valence-corrected chi connectivity index (χ1v) is 9.65. The Labute approximate surface area is 168 Å². The molecular formula is C21H23N4O4+. The van der Waals surface area contributed by atoms with Crippen LogP contribution in [0.2, 0.25) is 0 Å². The summed E-state index contributed by atoms with van der Waals surface area (Å²) in [6.45, 7) is 1.68. The van der Waals surface area contributed by atoms with Gasteiger partial charge in [-0.15, -0.1) is 0 Å². The van der Waals surface area contributed by atoms with Crippen LogP contribution in [0.5, 0.6) is 0 Å². The molecule has 2 aliphatic heterocycles. The molecule has 0 spiro atoms. The molecule has 0 aliphatic carbocycles. The van der Waals surface area contributed by atoms with E-state index < -0.39 is 5.54 Å². The van der Waals surface area contributed by atoms with Crippen molar-refractivity contribution in [3.8, 4) is 0 Å². The molecule has 4 rings (SSSR count). The fraction of sp³-hybridized carbons (Fsp3) is 0.333. The summed E-state index contributed by atoms with van der Waals surface area (Å²) in [7, 11) is 0. The quantitative estimate of drug-likeness (QED) is 0.592. The molecule has 2 unspecified atom stereocenters. The number of fused-ring (bicyclic) bond motifs is 2. The van der Waals surface area contributed by atoms with Crippen LogP contribution in [0.25, 0.3) is 0 Å². The Balaban J connectivity index is 1.61. The van der Waals surface area contributed by atoms with Gasteiger partial charge in [-0.2, -0.15) is 0 Å². The lowest BCUT2D eigenvalue weighted by molar-refractivity contribution is -0.930. The second-order valence-electron chi connectivity index (χ2n) is 7.78. The number of carbonyl (C=O) groups is 2. The number of nitro groups is 1. The normalized spacial score (nSPS) is 23.9. The SMILES string of the molecule is O=C(c1ccccc1)N1CC[NH+]2CN(C(=O)c3ccccc3)CC([N+](=O)[O-])(C1)C2. The zero-order valence-corrected chi connectivity index (χ0v) is 16.0. The summed E-state index contributed by atoms with van der Waals surface area (Å²) < 4.78 is 0. The van der Waals surface area contributed by atoms with Crippen molar-refractivity contribution in [3.63, 3.8) is 0 Å². The maximum Gasteiger partial charge on any atom is 0.304 e. The lowest BCUT2D eigenvalue weighted by atomic mass is 9.95.